The number of anilines is 1. The predicted octanol–water partition coefficient (Wildman–Crippen LogP) is 6.96. The molecule has 2 amide bonds. The highest BCUT2D eigenvalue weighted by atomic mass is 79.9. The van der Waals surface area contributed by atoms with Crippen molar-refractivity contribution in [2.45, 2.75) is 69.5 Å². The van der Waals surface area contributed by atoms with Gasteiger partial charge >= 0.3 is 0 Å². The van der Waals surface area contributed by atoms with Crippen molar-refractivity contribution in [3.05, 3.63) is 130 Å². The van der Waals surface area contributed by atoms with Crippen molar-refractivity contribution < 1.29 is 18.0 Å². The Morgan fingerprint density at radius 1 is 0.848 bits per heavy atom. The summed E-state index contributed by atoms with van der Waals surface area (Å²) in [5.74, 6) is -0.698. The summed E-state index contributed by atoms with van der Waals surface area (Å²) in [4.78, 5) is 30.4. The first-order valence-electron chi connectivity index (χ1n) is 15.6. The van der Waals surface area contributed by atoms with Crippen LogP contribution >= 0.6 is 15.9 Å². The molecule has 0 spiro atoms. The Labute approximate surface area is 280 Å². The van der Waals surface area contributed by atoms with Crippen LogP contribution in [0, 0.1) is 13.8 Å². The molecule has 4 aromatic carbocycles. The fourth-order valence-corrected chi connectivity index (χ4v) is 7.69. The molecular formula is C37H40BrN3O4S. The average Bonchev–Trinajstić information content (AvgIpc) is 3.57. The van der Waals surface area contributed by atoms with Crippen molar-refractivity contribution in [2.75, 3.05) is 10.8 Å². The molecule has 0 aliphatic heterocycles. The zero-order valence-corrected chi connectivity index (χ0v) is 28.6. The van der Waals surface area contributed by atoms with Gasteiger partial charge in [-0.2, -0.15) is 0 Å². The Morgan fingerprint density at radius 2 is 1.48 bits per heavy atom. The van der Waals surface area contributed by atoms with Crippen molar-refractivity contribution in [3.63, 3.8) is 0 Å². The van der Waals surface area contributed by atoms with E-state index in [4.69, 9.17) is 0 Å². The number of aryl methyl sites for hydroxylation is 2. The molecule has 0 radical (unpaired) electrons. The molecular weight excluding hydrogens is 662 g/mol. The number of carbonyl (C=O) groups is 2. The van der Waals surface area contributed by atoms with E-state index in [0.29, 0.717) is 5.69 Å². The quantitative estimate of drug-likeness (QED) is 0.173. The van der Waals surface area contributed by atoms with E-state index in [-0.39, 0.29) is 29.8 Å². The van der Waals surface area contributed by atoms with E-state index < -0.39 is 28.5 Å². The van der Waals surface area contributed by atoms with Crippen LogP contribution in [0.1, 0.15) is 47.9 Å². The van der Waals surface area contributed by atoms with Crippen LogP contribution in [0.15, 0.2) is 112 Å². The smallest absolute Gasteiger partial charge is 0.264 e. The lowest BCUT2D eigenvalue weighted by Crippen LogP contribution is -2.54. The molecule has 7 nitrogen and oxygen atoms in total. The number of hydrogen-bond acceptors (Lipinski definition) is 4. The Bertz CT molecular complexity index is 1740. The second-order valence-corrected chi connectivity index (χ2v) is 14.7. The summed E-state index contributed by atoms with van der Waals surface area (Å²) in [7, 11) is -4.14. The number of hydrogen-bond donors (Lipinski definition) is 1. The Balaban J connectivity index is 1.58. The van der Waals surface area contributed by atoms with Gasteiger partial charge in [-0.1, -0.05) is 102 Å². The van der Waals surface area contributed by atoms with Crippen LogP contribution < -0.4 is 9.62 Å². The van der Waals surface area contributed by atoms with E-state index in [2.05, 4.69) is 21.2 Å². The molecule has 0 unspecified atom stereocenters. The largest absolute Gasteiger partial charge is 0.352 e. The van der Waals surface area contributed by atoms with Crippen molar-refractivity contribution in [1.29, 1.82) is 0 Å². The Morgan fingerprint density at radius 3 is 2.13 bits per heavy atom. The summed E-state index contributed by atoms with van der Waals surface area (Å²) in [6.45, 7) is 3.38. The lowest BCUT2D eigenvalue weighted by Gasteiger charge is -2.34. The third-order valence-electron chi connectivity index (χ3n) is 8.48. The molecule has 1 aliphatic carbocycles. The molecule has 46 heavy (non-hydrogen) atoms. The Kier molecular flexibility index (Phi) is 11.0. The lowest BCUT2D eigenvalue weighted by molar-refractivity contribution is -0.140. The standard InChI is InChI=1S/C37H40BrN3O4S/c1-27-17-18-28(2)34(23-27)41(46(44,45)33-15-7-4-8-16-33)26-36(42)40(25-30-19-21-31(38)22-20-30)35(24-29-11-5-3-6-12-29)37(43)39-32-13-9-10-14-32/h3-8,11-12,15-23,32,35H,9-10,13-14,24-26H2,1-2H3,(H,39,43)/t35-/m1/s1. The minimum Gasteiger partial charge on any atom is -0.352 e. The molecule has 0 bridgehead atoms. The molecule has 1 saturated carbocycles. The van der Waals surface area contributed by atoms with Gasteiger partial charge in [0.25, 0.3) is 10.0 Å². The van der Waals surface area contributed by atoms with Gasteiger partial charge in [0, 0.05) is 23.5 Å². The molecule has 0 heterocycles. The van der Waals surface area contributed by atoms with E-state index >= 15 is 0 Å². The zero-order valence-electron chi connectivity index (χ0n) is 26.2. The van der Waals surface area contributed by atoms with E-state index in [0.717, 1.165) is 52.4 Å². The van der Waals surface area contributed by atoms with Gasteiger partial charge in [0.1, 0.15) is 12.6 Å². The van der Waals surface area contributed by atoms with Crippen molar-refractivity contribution >= 4 is 43.5 Å². The minimum absolute atomic E-state index is 0.0558. The topological polar surface area (TPSA) is 86.8 Å². The fourth-order valence-electron chi connectivity index (χ4n) is 5.93. The van der Waals surface area contributed by atoms with Gasteiger partial charge in [0.2, 0.25) is 11.8 Å². The number of amides is 2. The van der Waals surface area contributed by atoms with Crippen LogP contribution in [-0.2, 0) is 32.6 Å². The highest BCUT2D eigenvalue weighted by molar-refractivity contribution is 9.10. The molecule has 9 heteroatoms. The molecule has 1 aliphatic rings. The van der Waals surface area contributed by atoms with Gasteiger partial charge in [-0.3, -0.25) is 13.9 Å². The predicted molar refractivity (Wildman–Crippen MR) is 186 cm³/mol. The molecule has 5 rings (SSSR count). The molecule has 240 valence electrons. The van der Waals surface area contributed by atoms with Crippen molar-refractivity contribution in [3.8, 4) is 0 Å². The number of halogens is 1. The summed E-state index contributed by atoms with van der Waals surface area (Å²) in [5.41, 5.74) is 3.75. The number of nitrogens with one attached hydrogen (secondary N) is 1. The van der Waals surface area contributed by atoms with Crippen LogP contribution in [0.5, 0.6) is 0 Å². The van der Waals surface area contributed by atoms with Crippen molar-refractivity contribution in [2.24, 2.45) is 0 Å². The number of rotatable bonds is 12. The average molecular weight is 703 g/mol. The van der Waals surface area contributed by atoms with Gasteiger partial charge in [-0.15, -0.1) is 0 Å². The van der Waals surface area contributed by atoms with Gasteiger partial charge < -0.3 is 10.2 Å². The van der Waals surface area contributed by atoms with Gasteiger partial charge in [0.15, 0.2) is 0 Å². The van der Waals surface area contributed by atoms with Crippen LogP contribution in [0.2, 0.25) is 0 Å². The summed E-state index contributed by atoms with van der Waals surface area (Å²) in [5, 5.41) is 3.21. The number of sulfonamides is 1. The summed E-state index contributed by atoms with van der Waals surface area (Å²) < 4.78 is 30.6. The first kappa shape index (κ1) is 33.4. The SMILES string of the molecule is Cc1ccc(C)c(N(CC(=O)N(Cc2ccc(Br)cc2)[C@H](Cc2ccccc2)C(=O)NC2CCCC2)S(=O)(=O)c2ccccc2)c1. The molecule has 1 fully saturated rings. The van der Waals surface area contributed by atoms with Crippen molar-refractivity contribution in [1.82, 2.24) is 10.2 Å². The number of nitrogens with zero attached hydrogens (tertiary/aromatic N) is 2. The van der Waals surface area contributed by atoms with Crippen LogP contribution in [0.4, 0.5) is 5.69 Å². The van der Waals surface area contributed by atoms with Gasteiger partial charge in [-0.05, 0) is 79.3 Å². The highest BCUT2D eigenvalue weighted by Crippen LogP contribution is 2.29. The summed E-state index contributed by atoms with van der Waals surface area (Å²) in [6, 6.07) is 30.1. The summed E-state index contributed by atoms with van der Waals surface area (Å²) >= 11 is 3.48. The maximum absolute atomic E-state index is 14.7. The maximum atomic E-state index is 14.7. The number of benzene rings is 4. The lowest BCUT2D eigenvalue weighted by atomic mass is 10.0. The fraction of sp³-hybridized carbons (Fsp3) is 0.297. The molecule has 0 aromatic heterocycles. The van der Waals surface area contributed by atoms with E-state index in [1.807, 2.05) is 80.6 Å². The van der Waals surface area contributed by atoms with Crippen LogP contribution in [-0.4, -0.2) is 43.8 Å². The van der Waals surface area contributed by atoms with E-state index in [9.17, 15) is 18.0 Å². The summed E-state index contributed by atoms with van der Waals surface area (Å²) in [6.07, 6.45) is 4.20. The first-order chi connectivity index (χ1) is 22.1. The third kappa shape index (κ3) is 8.25. The zero-order chi connectivity index (χ0) is 32.7. The van der Waals surface area contributed by atoms with E-state index in [1.54, 1.807) is 29.2 Å². The van der Waals surface area contributed by atoms with E-state index in [1.165, 1.54) is 16.4 Å². The highest BCUT2D eigenvalue weighted by Gasteiger charge is 2.36. The van der Waals surface area contributed by atoms with Gasteiger partial charge in [0.05, 0.1) is 10.6 Å². The monoisotopic (exact) mass is 701 g/mol. The normalized spacial score (nSPS) is 14.1. The maximum Gasteiger partial charge on any atom is 0.264 e. The third-order valence-corrected chi connectivity index (χ3v) is 10.8. The second kappa shape index (κ2) is 15.1. The van der Waals surface area contributed by atoms with Gasteiger partial charge in [-0.25, -0.2) is 8.42 Å². The molecule has 1 N–H and O–H groups in total. The first-order valence-corrected chi connectivity index (χ1v) is 17.9. The molecule has 0 saturated heterocycles. The molecule has 4 aromatic rings. The van der Waals surface area contributed by atoms with Crippen LogP contribution in [0.3, 0.4) is 0 Å². The molecule has 1 atom stereocenters. The Hall–Kier alpha value is -3.95. The van der Waals surface area contributed by atoms with Crippen LogP contribution in [0.25, 0.3) is 0 Å². The second-order valence-electron chi connectivity index (χ2n) is 12.0. The minimum atomic E-state index is -4.14. The number of carbonyl (C=O) groups excluding carboxylic acids is 2.